The zero-order chi connectivity index (χ0) is 13.9. The monoisotopic (exact) mass is 345 g/mol. The molecular weight excluding hydrogens is 326 g/mol. The quantitative estimate of drug-likeness (QED) is 0.859. The van der Waals surface area contributed by atoms with Crippen LogP contribution in [0, 0.1) is 5.92 Å². The van der Waals surface area contributed by atoms with E-state index in [2.05, 4.69) is 28.2 Å². The summed E-state index contributed by atoms with van der Waals surface area (Å²) in [6, 6.07) is 5.83. The molecule has 1 aliphatic rings. The second-order valence-corrected chi connectivity index (χ2v) is 7.00. The topological polar surface area (TPSA) is 32.3 Å². The molecule has 0 aromatic heterocycles. The molecule has 0 saturated heterocycles. The van der Waals surface area contributed by atoms with Gasteiger partial charge in [0.25, 0.3) is 0 Å². The van der Waals surface area contributed by atoms with E-state index in [9.17, 15) is 5.11 Å². The molecule has 0 aliphatic heterocycles. The molecule has 2 rings (SSSR count). The SMILES string of the molecule is CC1CCC(CO)(NCc2ccc(Cl)cc2Br)CC1. The molecule has 1 aromatic rings. The zero-order valence-corrected chi connectivity index (χ0v) is 13.6. The van der Waals surface area contributed by atoms with Crippen LogP contribution in [0.5, 0.6) is 0 Å². The molecular formula is C15H21BrClNO. The fourth-order valence-corrected chi connectivity index (χ4v) is 3.48. The van der Waals surface area contributed by atoms with Crippen LogP contribution in [0.25, 0.3) is 0 Å². The standard InChI is InChI=1S/C15H21BrClNO/c1-11-4-6-15(10-19,7-5-11)18-9-12-2-3-13(17)8-14(12)16/h2-3,8,11,18-19H,4-7,9-10H2,1H3. The molecule has 106 valence electrons. The molecule has 0 spiro atoms. The molecule has 0 atom stereocenters. The first-order valence-corrected chi connectivity index (χ1v) is 8.01. The Morgan fingerprint density at radius 3 is 2.68 bits per heavy atom. The van der Waals surface area contributed by atoms with E-state index in [1.54, 1.807) is 0 Å². The number of nitrogens with one attached hydrogen (secondary N) is 1. The van der Waals surface area contributed by atoms with Crippen LogP contribution in [0.15, 0.2) is 22.7 Å². The molecule has 1 aromatic carbocycles. The van der Waals surface area contributed by atoms with E-state index in [1.807, 2.05) is 18.2 Å². The lowest BCUT2D eigenvalue weighted by molar-refractivity contribution is 0.104. The number of benzene rings is 1. The number of aliphatic hydroxyl groups excluding tert-OH is 1. The Labute approximate surface area is 128 Å². The zero-order valence-electron chi connectivity index (χ0n) is 11.3. The number of rotatable bonds is 4. The third kappa shape index (κ3) is 3.94. The van der Waals surface area contributed by atoms with Crippen molar-refractivity contribution in [3.05, 3.63) is 33.3 Å². The molecule has 2 N–H and O–H groups in total. The molecule has 0 heterocycles. The van der Waals surface area contributed by atoms with Gasteiger partial charge in [-0.15, -0.1) is 0 Å². The highest BCUT2D eigenvalue weighted by Crippen LogP contribution is 2.32. The van der Waals surface area contributed by atoms with Gasteiger partial charge in [-0.05, 0) is 49.3 Å². The highest BCUT2D eigenvalue weighted by atomic mass is 79.9. The van der Waals surface area contributed by atoms with Crippen molar-refractivity contribution in [1.29, 1.82) is 0 Å². The number of hydrogen-bond donors (Lipinski definition) is 2. The van der Waals surface area contributed by atoms with Crippen molar-refractivity contribution in [2.45, 2.75) is 44.7 Å². The van der Waals surface area contributed by atoms with E-state index < -0.39 is 0 Å². The number of aliphatic hydroxyl groups is 1. The molecule has 1 fully saturated rings. The van der Waals surface area contributed by atoms with E-state index in [4.69, 9.17) is 11.6 Å². The van der Waals surface area contributed by atoms with Gasteiger partial charge in [0.1, 0.15) is 0 Å². The Bertz CT molecular complexity index is 430. The lowest BCUT2D eigenvalue weighted by Crippen LogP contribution is -2.50. The maximum atomic E-state index is 9.72. The highest BCUT2D eigenvalue weighted by molar-refractivity contribution is 9.10. The van der Waals surface area contributed by atoms with Gasteiger partial charge in [-0.2, -0.15) is 0 Å². The van der Waals surface area contributed by atoms with Crippen molar-refractivity contribution in [2.75, 3.05) is 6.61 Å². The summed E-state index contributed by atoms with van der Waals surface area (Å²) in [5.41, 5.74) is 1.07. The van der Waals surface area contributed by atoms with E-state index in [0.717, 1.165) is 34.8 Å². The fourth-order valence-electron chi connectivity index (χ4n) is 2.65. The number of hydrogen-bond acceptors (Lipinski definition) is 2. The van der Waals surface area contributed by atoms with Crippen molar-refractivity contribution < 1.29 is 5.11 Å². The maximum Gasteiger partial charge on any atom is 0.0613 e. The largest absolute Gasteiger partial charge is 0.394 e. The number of halogens is 2. The smallest absolute Gasteiger partial charge is 0.0613 e. The normalized spacial score (nSPS) is 27.5. The summed E-state index contributed by atoms with van der Waals surface area (Å²) < 4.78 is 1.02. The van der Waals surface area contributed by atoms with Crippen LogP contribution in [0.2, 0.25) is 5.02 Å². The van der Waals surface area contributed by atoms with Crippen LogP contribution < -0.4 is 5.32 Å². The van der Waals surface area contributed by atoms with Crippen LogP contribution in [0.1, 0.15) is 38.2 Å². The summed E-state index contributed by atoms with van der Waals surface area (Å²) in [6.07, 6.45) is 4.48. The van der Waals surface area contributed by atoms with Gasteiger partial charge in [-0.1, -0.05) is 40.5 Å². The van der Waals surface area contributed by atoms with Gasteiger partial charge in [0.05, 0.1) is 6.61 Å². The lowest BCUT2D eigenvalue weighted by Gasteiger charge is -2.39. The summed E-state index contributed by atoms with van der Waals surface area (Å²) in [6.45, 7) is 3.26. The third-order valence-electron chi connectivity index (χ3n) is 4.20. The summed E-state index contributed by atoms with van der Waals surface area (Å²) in [4.78, 5) is 0. The fraction of sp³-hybridized carbons (Fsp3) is 0.600. The molecule has 0 unspecified atom stereocenters. The maximum absolute atomic E-state index is 9.72. The Hall–Kier alpha value is -0.0900. The van der Waals surface area contributed by atoms with Gasteiger partial charge in [0.2, 0.25) is 0 Å². The molecule has 0 amide bonds. The molecule has 2 nitrogen and oxygen atoms in total. The Kier molecular flexibility index (Phi) is 5.29. The second kappa shape index (κ2) is 6.57. The summed E-state index contributed by atoms with van der Waals surface area (Å²) >= 11 is 9.48. The highest BCUT2D eigenvalue weighted by Gasteiger charge is 2.33. The molecule has 0 bridgehead atoms. The van der Waals surface area contributed by atoms with Gasteiger partial charge >= 0.3 is 0 Å². The van der Waals surface area contributed by atoms with Crippen LogP contribution in [-0.4, -0.2) is 17.3 Å². The predicted molar refractivity (Wildman–Crippen MR) is 83.4 cm³/mol. The summed E-state index contributed by atoms with van der Waals surface area (Å²) in [5.74, 6) is 0.781. The third-order valence-corrected chi connectivity index (χ3v) is 5.18. The molecule has 19 heavy (non-hydrogen) atoms. The average Bonchev–Trinajstić information content (AvgIpc) is 2.40. The first kappa shape index (κ1) is 15.3. The Balaban J connectivity index is 2.00. The van der Waals surface area contributed by atoms with E-state index in [-0.39, 0.29) is 12.1 Å². The Morgan fingerprint density at radius 2 is 2.11 bits per heavy atom. The molecule has 4 heteroatoms. The molecule has 1 aliphatic carbocycles. The minimum atomic E-state index is -0.106. The van der Waals surface area contributed by atoms with Crippen LogP contribution in [0.3, 0.4) is 0 Å². The van der Waals surface area contributed by atoms with Gasteiger partial charge in [0.15, 0.2) is 0 Å². The Morgan fingerprint density at radius 1 is 1.42 bits per heavy atom. The van der Waals surface area contributed by atoms with Gasteiger partial charge in [-0.3, -0.25) is 0 Å². The van der Waals surface area contributed by atoms with Gasteiger partial charge in [0, 0.05) is 21.6 Å². The van der Waals surface area contributed by atoms with Crippen molar-refractivity contribution in [3.8, 4) is 0 Å². The predicted octanol–water partition coefficient (Wildman–Crippen LogP) is 4.13. The minimum absolute atomic E-state index is 0.106. The van der Waals surface area contributed by atoms with Crippen LogP contribution in [0.4, 0.5) is 0 Å². The van der Waals surface area contributed by atoms with Gasteiger partial charge in [-0.25, -0.2) is 0 Å². The van der Waals surface area contributed by atoms with E-state index >= 15 is 0 Å². The minimum Gasteiger partial charge on any atom is -0.394 e. The van der Waals surface area contributed by atoms with E-state index in [0.29, 0.717) is 0 Å². The summed E-state index contributed by atoms with van der Waals surface area (Å²) in [5, 5.41) is 14.0. The average molecular weight is 347 g/mol. The summed E-state index contributed by atoms with van der Waals surface area (Å²) in [7, 11) is 0. The van der Waals surface area contributed by atoms with Crippen molar-refractivity contribution in [3.63, 3.8) is 0 Å². The van der Waals surface area contributed by atoms with E-state index in [1.165, 1.54) is 18.4 Å². The van der Waals surface area contributed by atoms with Crippen LogP contribution in [-0.2, 0) is 6.54 Å². The lowest BCUT2D eigenvalue weighted by atomic mass is 9.77. The van der Waals surface area contributed by atoms with Crippen molar-refractivity contribution in [1.82, 2.24) is 5.32 Å². The van der Waals surface area contributed by atoms with Gasteiger partial charge < -0.3 is 10.4 Å². The first-order valence-electron chi connectivity index (χ1n) is 6.84. The molecule has 0 radical (unpaired) electrons. The van der Waals surface area contributed by atoms with Crippen LogP contribution >= 0.6 is 27.5 Å². The van der Waals surface area contributed by atoms with Crippen molar-refractivity contribution >= 4 is 27.5 Å². The first-order chi connectivity index (χ1) is 9.04. The second-order valence-electron chi connectivity index (χ2n) is 5.71. The molecule has 1 saturated carbocycles. The van der Waals surface area contributed by atoms with Crippen molar-refractivity contribution in [2.24, 2.45) is 5.92 Å².